The Morgan fingerprint density at radius 3 is 2.33 bits per heavy atom. The highest BCUT2D eigenvalue weighted by Crippen LogP contribution is 2.47. The van der Waals surface area contributed by atoms with Crippen molar-refractivity contribution in [3.63, 3.8) is 0 Å². The first kappa shape index (κ1) is 12.5. The minimum atomic E-state index is -0.566. The summed E-state index contributed by atoms with van der Waals surface area (Å²) >= 11 is 0. The van der Waals surface area contributed by atoms with Crippen molar-refractivity contribution in [2.24, 2.45) is 17.8 Å². The molecular formula is C15H25NO2. The Morgan fingerprint density at radius 2 is 1.78 bits per heavy atom. The molecule has 3 fully saturated rings. The van der Waals surface area contributed by atoms with Crippen LogP contribution in [-0.4, -0.2) is 34.1 Å². The predicted octanol–water partition coefficient (Wildman–Crippen LogP) is 2.75. The van der Waals surface area contributed by atoms with Gasteiger partial charge < -0.3 is 5.11 Å². The molecule has 3 heteroatoms. The van der Waals surface area contributed by atoms with Gasteiger partial charge in [-0.2, -0.15) is 0 Å². The second-order valence-corrected chi connectivity index (χ2v) is 6.80. The van der Waals surface area contributed by atoms with E-state index in [1.165, 1.54) is 25.7 Å². The maximum atomic E-state index is 11.4. The van der Waals surface area contributed by atoms with Crippen molar-refractivity contribution in [1.82, 2.24) is 4.90 Å². The molecule has 0 spiro atoms. The second-order valence-electron chi connectivity index (χ2n) is 6.80. The summed E-state index contributed by atoms with van der Waals surface area (Å²) in [5, 5.41) is 9.36. The number of aliphatic carboxylic acids is 1. The number of fused-ring (bicyclic) bond motifs is 2. The Labute approximate surface area is 110 Å². The number of carboxylic acid groups (broad SMARTS) is 1. The Hall–Kier alpha value is -0.570. The van der Waals surface area contributed by atoms with Gasteiger partial charge in [-0.3, -0.25) is 9.69 Å². The lowest BCUT2D eigenvalue weighted by molar-refractivity contribution is -0.143. The van der Waals surface area contributed by atoms with Gasteiger partial charge in [-0.15, -0.1) is 0 Å². The molecule has 0 radical (unpaired) electrons. The fourth-order valence-corrected chi connectivity index (χ4v) is 5.01. The van der Waals surface area contributed by atoms with E-state index in [0.29, 0.717) is 18.1 Å². The smallest absolute Gasteiger partial charge is 0.308 e. The highest BCUT2D eigenvalue weighted by Gasteiger charge is 2.53. The Kier molecular flexibility index (Phi) is 3.13. The molecule has 3 aliphatic rings. The molecule has 5 atom stereocenters. The van der Waals surface area contributed by atoms with Crippen molar-refractivity contribution in [2.75, 3.05) is 0 Å². The zero-order valence-electron chi connectivity index (χ0n) is 11.5. The van der Waals surface area contributed by atoms with E-state index in [0.717, 1.165) is 24.7 Å². The summed E-state index contributed by atoms with van der Waals surface area (Å²) in [6, 6.07) is 1.53. The van der Waals surface area contributed by atoms with Crippen LogP contribution in [0.2, 0.25) is 0 Å². The standard InChI is InChI=1S/C15H25NO2/c1-9-4-3-5-10(2)14(9)16-11-6-7-13(16)12(8-11)15(17)18/h9-14H,3-8H2,1-2H3,(H,17,18). The lowest BCUT2D eigenvalue weighted by atomic mass is 9.77. The third-order valence-corrected chi connectivity index (χ3v) is 5.74. The van der Waals surface area contributed by atoms with Crippen molar-refractivity contribution in [2.45, 2.75) is 70.5 Å². The first-order valence-corrected chi connectivity index (χ1v) is 7.60. The number of hydrogen-bond donors (Lipinski definition) is 1. The fraction of sp³-hybridized carbons (Fsp3) is 0.933. The number of carboxylic acids is 1. The molecule has 0 aromatic carbocycles. The van der Waals surface area contributed by atoms with Crippen LogP contribution < -0.4 is 0 Å². The minimum Gasteiger partial charge on any atom is -0.481 e. The second kappa shape index (κ2) is 4.52. The molecule has 3 rings (SSSR count). The van der Waals surface area contributed by atoms with Crippen LogP contribution in [0.5, 0.6) is 0 Å². The van der Waals surface area contributed by atoms with Crippen molar-refractivity contribution < 1.29 is 9.90 Å². The van der Waals surface area contributed by atoms with E-state index in [2.05, 4.69) is 18.7 Å². The summed E-state index contributed by atoms with van der Waals surface area (Å²) in [6.07, 6.45) is 7.23. The number of hydrogen-bond acceptors (Lipinski definition) is 2. The first-order valence-electron chi connectivity index (χ1n) is 7.60. The van der Waals surface area contributed by atoms with Crippen molar-refractivity contribution in [1.29, 1.82) is 0 Å². The van der Waals surface area contributed by atoms with Crippen molar-refractivity contribution in [3.05, 3.63) is 0 Å². The van der Waals surface area contributed by atoms with Crippen LogP contribution in [0, 0.1) is 17.8 Å². The number of nitrogens with zero attached hydrogens (tertiary/aromatic N) is 1. The molecule has 5 unspecified atom stereocenters. The summed E-state index contributed by atoms with van der Waals surface area (Å²) < 4.78 is 0. The molecule has 1 aliphatic carbocycles. The molecule has 2 heterocycles. The highest BCUT2D eigenvalue weighted by molar-refractivity contribution is 5.71. The lowest BCUT2D eigenvalue weighted by Crippen LogP contribution is -2.49. The molecule has 1 N–H and O–H groups in total. The third-order valence-electron chi connectivity index (χ3n) is 5.74. The van der Waals surface area contributed by atoms with Gasteiger partial charge in [0.15, 0.2) is 0 Å². The van der Waals surface area contributed by atoms with Crippen molar-refractivity contribution >= 4 is 5.97 Å². The maximum Gasteiger partial charge on any atom is 0.308 e. The summed E-state index contributed by atoms with van der Waals surface area (Å²) in [5.41, 5.74) is 0. The molecule has 102 valence electrons. The van der Waals surface area contributed by atoms with E-state index < -0.39 is 5.97 Å². The van der Waals surface area contributed by atoms with Crippen LogP contribution >= 0.6 is 0 Å². The summed E-state index contributed by atoms with van der Waals surface area (Å²) in [7, 11) is 0. The molecular weight excluding hydrogens is 226 g/mol. The van der Waals surface area contributed by atoms with Crippen LogP contribution in [0.3, 0.4) is 0 Å². The van der Waals surface area contributed by atoms with Gasteiger partial charge in [0.05, 0.1) is 5.92 Å². The van der Waals surface area contributed by atoms with Crippen LogP contribution in [0.4, 0.5) is 0 Å². The normalized spacial score (nSPS) is 48.6. The van der Waals surface area contributed by atoms with Crippen LogP contribution in [0.15, 0.2) is 0 Å². The van der Waals surface area contributed by atoms with E-state index >= 15 is 0 Å². The minimum absolute atomic E-state index is 0.0925. The lowest BCUT2D eigenvalue weighted by Gasteiger charge is -2.43. The largest absolute Gasteiger partial charge is 0.481 e. The summed E-state index contributed by atoms with van der Waals surface area (Å²) in [6.45, 7) is 4.74. The van der Waals surface area contributed by atoms with Crippen LogP contribution in [0.25, 0.3) is 0 Å². The topological polar surface area (TPSA) is 40.5 Å². The molecule has 2 saturated heterocycles. The Bertz CT molecular complexity index is 333. The molecule has 2 bridgehead atoms. The van der Waals surface area contributed by atoms with E-state index in [-0.39, 0.29) is 5.92 Å². The van der Waals surface area contributed by atoms with Crippen LogP contribution in [0.1, 0.15) is 52.4 Å². The molecule has 0 aromatic rings. The van der Waals surface area contributed by atoms with Gasteiger partial charge in [0.25, 0.3) is 0 Å². The predicted molar refractivity (Wildman–Crippen MR) is 70.4 cm³/mol. The average Bonchev–Trinajstić information content (AvgIpc) is 2.87. The van der Waals surface area contributed by atoms with Gasteiger partial charge in [-0.1, -0.05) is 20.3 Å². The third kappa shape index (κ3) is 1.78. The van der Waals surface area contributed by atoms with E-state index in [1.807, 2.05) is 0 Å². The quantitative estimate of drug-likeness (QED) is 0.820. The van der Waals surface area contributed by atoms with Gasteiger partial charge in [0.2, 0.25) is 0 Å². The van der Waals surface area contributed by atoms with Crippen molar-refractivity contribution in [3.8, 4) is 0 Å². The van der Waals surface area contributed by atoms with Gasteiger partial charge in [-0.05, 0) is 43.9 Å². The maximum absolute atomic E-state index is 11.4. The molecule has 2 aliphatic heterocycles. The molecule has 1 saturated carbocycles. The Balaban J connectivity index is 1.82. The molecule has 0 aromatic heterocycles. The zero-order chi connectivity index (χ0) is 12.9. The zero-order valence-corrected chi connectivity index (χ0v) is 11.5. The van der Waals surface area contributed by atoms with Gasteiger partial charge >= 0.3 is 5.97 Å². The van der Waals surface area contributed by atoms with Crippen LogP contribution in [-0.2, 0) is 4.79 Å². The Morgan fingerprint density at radius 1 is 1.11 bits per heavy atom. The first-order chi connectivity index (χ1) is 8.59. The average molecular weight is 251 g/mol. The molecule has 3 nitrogen and oxygen atoms in total. The summed E-state index contributed by atoms with van der Waals surface area (Å²) in [4.78, 5) is 14.0. The summed E-state index contributed by atoms with van der Waals surface area (Å²) in [5.74, 6) is 0.821. The van der Waals surface area contributed by atoms with E-state index in [4.69, 9.17) is 0 Å². The monoisotopic (exact) mass is 251 g/mol. The number of carbonyl (C=O) groups is 1. The number of rotatable bonds is 2. The SMILES string of the molecule is CC1CCCC(C)C1N1C2CCC1C(C(=O)O)C2. The van der Waals surface area contributed by atoms with Gasteiger partial charge in [0.1, 0.15) is 0 Å². The molecule has 18 heavy (non-hydrogen) atoms. The fourth-order valence-electron chi connectivity index (χ4n) is 5.01. The molecule has 0 amide bonds. The van der Waals surface area contributed by atoms with E-state index in [9.17, 15) is 9.90 Å². The van der Waals surface area contributed by atoms with Gasteiger partial charge in [0, 0.05) is 18.1 Å². The van der Waals surface area contributed by atoms with Gasteiger partial charge in [-0.25, -0.2) is 0 Å². The van der Waals surface area contributed by atoms with E-state index in [1.54, 1.807) is 0 Å². The highest BCUT2D eigenvalue weighted by atomic mass is 16.4.